The first kappa shape index (κ1) is 14.0. The van der Waals surface area contributed by atoms with E-state index in [-0.39, 0.29) is 11.2 Å². The summed E-state index contributed by atoms with van der Waals surface area (Å²) in [4.78, 5) is 2.85. The van der Waals surface area contributed by atoms with Gasteiger partial charge in [-0.2, -0.15) is 0 Å². The summed E-state index contributed by atoms with van der Waals surface area (Å²) in [6.45, 7) is 14.0. The van der Waals surface area contributed by atoms with Crippen LogP contribution in [0.4, 0.5) is 0 Å². The molecule has 2 heterocycles. The summed E-state index contributed by atoms with van der Waals surface area (Å²) < 4.78 is 6.11. The Balaban J connectivity index is 1.98. The molecule has 1 aliphatic rings. The second-order valence-electron chi connectivity index (χ2n) is 6.55. The van der Waals surface area contributed by atoms with Gasteiger partial charge in [-0.05, 0) is 59.6 Å². The van der Waals surface area contributed by atoms with Crippen molar-refractivity contribution in [2.45, 2.75) is 71.8 Å². The van der Waals surface area contributed by atoms with E-state index in [1.165, 1.54) is 15.3 Å². The molecule has 2 nitrogen and oxygen atoms in total. The lowest BCUT2D eigenvalue weighted by Gasteiger charge is -2.27. The van der Waals surface area contributed by atoms with E-state index in [1.54, 1.807) is 0 Å². The van der Waals surface area contributed by atoms with Gasteiger partial charge in [-0.25, -0.2) is 0 Å². The summed E-state index contributed by atoms with van der Waals surface area (Å²) >= 11 is 1.89. The van der Waals surface area contributed by atoms with Crippen LogP contribution in [0.5, 0.6) is 0 Å². The first-order valence-electron chi connectivity index (χ1n) is 6.69. The molecule has 1 fully saturated rings. The lowest BCUT2D eigenvalue weighted by molar-refractivity contribution is -0.0698. The third kappa shape index (κ3) is 2.95. The Bertz CT molecular complexity index is 414. The summed E-state index contributed by atoms with van der Waals surface area (Å²) in [7, 11) is 0. The van der Waals surface area contributed by atoms with E-state index in [4.69, 9.17) is 4.74 Å². The van der Waals surface area contributed by atoms with Crippen LogP contribution in [0.1, 0.15) is 49.4 Å². The number of aryl methyl sites for hydroxylation is 2. The predicted octanol–water partition coefficient (Wildman–Crippen LogP) is 3.80. The zero-order chi connectivity index (χ0) is 13.6. The number of hydrogen-bond donors (Lipinski definition) is 1. The van der Waals surface area contributed by atoms with E-state index in [0.29, 0.717) is 6.04 Å². The van der Waals surface area contributed by atoms with E-state index in [0.717, 1.165) is 13.0 Å². The van der Waals surface area contributed by atoms with Crippen molar-refractivity contribution in [2.24, 2.45) is 0 Å². The van der Waals surface area contributed by atoms with Gasteiger partial charge in [0, 0.05) is 22.3 Å². The average Bonchev–Trinajstić information content (AvgIpc) is 2.61. The molecule has 0 bridgehead atoms. The fourth-order valence-corrected chi connectivity index (χ4v) is 3.85. The lowest BCUT2D eigenvalue weighted by atomic mass is 9.94. The summed E-state index contributed by atoms with van der Waals surface area (Å²) in [5, 5.41) is 3.67. The first-order valence-corrected chi connectivity index (χ1v) is 7.51. The third-order valence-electron chi connectivity index (χ3n) is 3.81. The quantitative estimate of drug-likeness (QED) is 0.899. The molecule has 3 heteroatoms. The molecule has 1 atom stereocenters. The fourth-order valence-electron chi connectivity index (χ4n) is 2.84. The molecule has 0 amide bonds. The topological polar surface area (TPSA) is 21.3 Å². The minimum atomic E-state index is -0.0785. The van der Waals surface area contributed by atoms with Gasteiger partial charge in [0.15, 0.2) is 0 Å². The Morgan fingerprint density at radius 1 is 1.33 bits per heavy atom. The molecule has 1 aromatic heterocycles. The average molecular weight is 267 g/mol. The lowest BCUT2D eigenvalue weighted by Crippen LogP contribution is -2.42. The van der Waals surface area contributed by atoms with Crippen molar-refractivity contribution in [2.75, 3.05) is 0 Å². The van der Waals surface area contributed by atoms with E-state index in [9.17, 15) is 0 Å². The van der Waals surface area contributed by atoms with Crippen molar-refractivity contribution >= 4 is 11.3 Å². The molecule has 0 aromatic carbocycles. The largest absolute Gasteiger partial charge is 0.368 e. The Labute approximate surface area is 115 Å². The molecular formula is C15H25NOS. The van der Waals surface area contributed by atoms with Crippen molar-refractivity contribution in [3.63, 3.8) is 0 Å². The van der Waals surface area contributed by atoms with E-state index < -0.39 is 0 Å². The number of thiophene rings is 1. The van der Waals surface area contributed by atoms with Crippen LogP contribution in [0, 0.1) is 13.8 Å². The van der Waals surface area contributed by atoms with E-state index >= 15 is 0 Å². The summed E-state index contributed by atoms with van der Waals surface area (Å²) in [5.74, 6) is 0. The maximum absolute atomic E-state index is 6.11. The van der Waals surface area contributed by atoms with Crippen molar-refractivity contribution in [3.05, 3.63) is 21.4 Å². The molecule has 0 radical (unpaired) electrons. The SMILES string of the molecule is Cc1cc(CNC2CC(C)(C)OC2(C)C)sc1C. The van der Waals surface area contributed by atoms with E-state index in [1.807, 2.05) is 11.3 Å². The number of hydrogen-bond acceptors (Lipinski definition) is 3. The van der Waals surface area contributed by atoms with Crippen molar-refractivity contribution in [1.82, 2.24) is 5.32 Å². The van der Waals surface area contributed by atoms with Crippen molar-refractivity contribution < 1.29 is 4.74 Å². The fraction of sp³-hybridized carbons (Fsp3) is 0.733. The molecule has 1 unspecified atom stereocenters. The highest BCUT2D eigenvalue weighted by Gasteiger charge is 2.45. The van der Waals surface area contributed by atoms with E-state index in [2.05, 4.69) is 52.9 Å². The number of rotatable bonds is 3. The van der Waals surface area contributed by atoms with Gasteiger partial charge in [0.1, 0.15) is 0 Å². The summed E-state index contributed by atoms with van der Waals surface area (Å²) in [6.07, 6.45) is 1.07. The number of nitrogens with one attached hydrogen (secondary N) is 1. The van der Waals surface area contributed by atoms with Crippen LogP contribution in [-0.2, 0) is 11.3 Å². The van der Waals surface area contributed by atoms with Crippen molar-refractivity contribution in [1.29, 1.82) is 0 Å². The maximum Gasteiger partial charge on any atom is 0.0787 e. The van der Waals surface area contributed by atoms with Crippen LogP contribution < -0.4 is 5.32 Å². The molecule has 18 heavy (non-hydrogen) atoms. The molecule has 1 aliphatic heterocycles. The highest BCUT2D eigenvalue weighted by molar-refractivity contribution is 7.12. The van der Waals surface area contributed by atoms with Crippen LogP contribution in [0.3, 0.4) is 0 Å². The Kier molecular flexibility index (Phi) is 3.60. The van der Waals surface area contributed by atoms with Crippen molar-refractivity contribution in [3.8, 4) is 0 Å². The molecule has 1 saturated heterocycles. The monoisotopic (exact) mass is 267 g/mol. The number of ether oxygens (including phenoxy) is 1. The molecule has 102 valence electrons. The first-order chi connectivity index (χ1) is 8.20. The predicted molar refractivity (Wildman–Crippen MR) is 78.3 cm³/mol. The Morgan fingerprint density at radius 3 is 2.44 bits per heavy atom. The third-order valence-corrected chi connectivity index (χ3v) is 4.97. The smallest absolute Gasteiger partial charge is 0.0787 e. The minimum absolute atomic E-state index is 0.0115. The van der Waals surface area contributed by atoms with Crippen LogP contribution >= 0.6 is 11.3 Å². The second-order valence-corrected chi connectivity index (χ2v) is 7.90. The molecular weight excluding hydrogens is 242 g/mol. The van der Waals surface area contributed by atoms with Gasteiger partial charge in [0.05, 0.1) is 11.2 Å². The Hall–Kier alpha value is -0.380. The van der Waals surface area contributed by atoms with Gasteiger partial charge in [-0.1, -0.05) is 0 Å². The maximum atomic E-state index is 6.11. The van der Waals surface area contributed by atoms with Gasteiger partial charge in [-0.3, -0.25) is 0 Å². The standard InChI is InChI=1S/C15H25NOS/c1-10-7-12(18-11(10)2)9-16-13-8-14(3,4)17-15(13,5)6/h7,13,16H,8-9H2,1-6H3. The van der Waals surface area contributed by atoms with Crippen LogP contribution in [0.25, 0.3) is 0 Å². The Morgan fingerprint density at radius 2 is 2.00 bits per heavy atom. The van der Waals surface area contributed by atoms with Crippen LogP contribution in [-0.4, -0.2) is 17.2 Å². The minimum Gasteiger partial charge on any atom is -0.368 e. The van der Waals surface area contributed by atoms with Crippen LogP contribution in [0.2, 0.25) is 0 Å². The molecule has 0 aliphatic carbocycles. The summed E-state index contributed by atoms with van der Waals surface area (Å²) in [5.41, 5.74) is 1.31. The van der Waals surface area contributed by atoms with Gasteiger partial charge < -0.3 is 10.1 Å². The van der Waals surface area contributed by atoms with Crippen LogP contribution in [0.15, 0.2) is 6.07 Å². The highest BCUT2D eigenvalue weighted by atomic mass is 32.1. The molecule has 0 spiro atoms. The normalized spacial score (nSPS) is 25.6. The second kappa shape index (κ2) is 4.62. The molecule has 0 saturated carbocycles. The highest BCUT2D eigenvalue weighted by Crippen LogP contribution is 2.37. The molecule has 2 rings (SSSR count). The van der Waals surface area contributed by atoms with Gasteiger partial charge in [0.2, 0.25) is 0 Å². The van der Waals surface area contributed by atoms with Gasteiger partial charge in [0.25, 0.3) is 0 Å². The molecule has 1 aromatic rings. The zero-order valence-corrected chi connectivity index (χ0v) is 13.2. The molecule has 1 N–H and O–H groups in total. The van der Waals surface area contributed by atoms with Gasteiger partial charge in [-0.15, -0.1) is 11.3 Å². The van der Waals surface area contributed by atoms with Gasteiger partial charge >= 0.3 is 0 Å². The zero-order valence-electron chi connectivity index (χ0n) is 12.4. The summed E-state index contributed by atoms with van der Waals surface area (Å²) in [6, 6.07) is 2.72.